The van der Waals surface area contributed by atoms with Crippen LogP contribution < -0.4 is 28.5 Å². The first-order chi connectivity index (χ1) is 7.83. The van der Waals surface area contributed by atoms with E-state index in [1.165, 1.54) is 45.5 Å². The van der Waals surface area contributed by atoms with Crippen LogP contribution in [0.5, 0.6) is 0 Å². The minimum atomic E-state index is 0. The standard InChI is InChI=1S/C13H17INS.HI/c1-11-15(10-6-2-5-9-14)12-7-3-4-8-13(12)16-11;/h3-4,7-8H,2,5-6,9-10H2,1H3;1H/q+1;/p-1. The van der Waals surface area contributed by atoms with Gasteiger partial charge < -0.3 is 24.0 Å². The number of alkyl halides is 1. The number of halogens is 2. The normalized spacial score (nSPS) is 10.5. The van der Waals surface area contributed by atoms with Gasteiger partial charge in [0.15, 0.2) is 0 Å². The smallest absolute Gasteiger partial charge is 0.235 e. The average Bonchev–Trinajstić information content (AvgIpc) is 2.61. The number of nitrogens with zero attached hydrogens (tertiary/aromatic N) is 1. The largest absolute Gasteiger partial charge is 1.00 e. The van der Waals surface area contributed by atoms with E-state index < -0.39 is 0 Å². The summed E-state index contributed by atoms with van der Waals surface area (Å²) in [4.78, 5) is 0. The molecule has 0 saturated heterocycles. The molecular formula is C13H17I2NS. The third kappa shape index (κ3) is 4.02. The number of para-hydroxylation sites is 1. The highest BCUT2D eigenvalue weighted by molar-refractivity contribution is 14.1. The Labute approximate surface area is 138 Å². The van der Waals surface area contributed by atoms with Crippen molar-refractivity contribution in [3.8, 4) is 0 Å². The van der Waals surface area contributed by atoms with Crippen molar-refractivity contribution in [1.82, 2.24) is 0 Å². The molecule has 4 heteroatoms. The second-order valence-corrected chi connectivity index (χ2v) is 6.30. The van der Waals surface area contributed by atoms with Gasteiger partial charge in [0.2, 0.25) is 10.5 Å². The lowest BCUT2D eigenvalue weighted by Crippen LogP contribution is -3.00. The topological polar surface area (TPSA) is 3.88 Å². The van der Waals surface area contributed by atoms with Crippen LogP contribution in [0.25, 0.3) is 10.2 Å². The number of benzene rings is 1. The molecule has 0 spiro atoms. The fourth-order valence-corrected chi connectivity index (χ4v) is 3.56. The van der Waals surface area contributed by atoms with Crippen LogP contribution in [0.15, 0.2) is 24.3 Å². The molecule has 1 aromatic heterocycles. The molecule has 0 aliphatic rings. The highest BCUT2D eigenvalue weighted by atomic mass is 127. The van der Waals surface area contributed by atoms with Crippen molar-refractivity contribution in [2.24, 2.45) is 0 Å². The van der Waals surface area contributed by atoms with E-state index in [4.69, 9.17) is 0 Å². The molecule has 0 aliphatic carbocycles. The summed E-state index contributed by atoms with van der Waals surface area (Å²) in [7, 11) is 0. The molecule has 1 heterocycles. The number of fused-ring (bicyclic) bond motifs is 1. The molecule has 94 valence electrons. The van der Waals surface area contributed by atoms with E-state index >= 15 is 0 Å². The summed E-state index contributed by atoms with van der Waals surface area (Å²) in [5.74, 6) is 0. The van der Waals surface area contributed by atoms with E-state index in [2.05, 4.69) is 58.3 Å². The quantitative estimate of drug-likeness (QED) is 0.265. The number of thiazole rings is 1. The van der Waals surface area contributed by atoms with Crippen LogP contribution in [0.3, 0.4) is 0 Å². The fourth-order valence-electron chi connectivity index (χ4n) is 1.97. The summed E-state index contributed by atoms with van der Waals surface area (Å²) < 4.78 is 5.16. The highest BCUT2D eigenvalue weighted by Gasteiger charge is 2.15. The van der Waals surface area contributed by atoms with Crippen LogP contribution in [-0.2, 0) is 6.54 Å². The monoisotopic (exact) mass is 473 g/mol. The fraction of sp³-hybridized carbons (Fsp3) is 0.462. The predicted octanol–water partition coefficient (Wildman–Crippen LogP) is 1.11. The van der Waals surface area contributed by atoms with Gasteiger partial charge in [-0.15, -0.1) is 0 Å². The molecule has 2 aromatic rings. The molecule has 0 atom stereocenters. The van der Waals surface area contributed by atoms with Gasteiger partial charge in [0.05, 0.1) is 0 Å². The van der Waals surface area contributed by atoms with E-state index in [-0.39, 0.29) is 24.0 Å². The van der Waals surface area contributed by atoms with Gasteiger partial charge >= 0.3 is 0 Å². The lowest BCUT2D eigenvalue weighted by atomic mass is 10.2. The number of aryl methyl sites for hydroxylation is 2. The first-order valence-electron chi connectivity index (χ1n) is 5.77. The maximum Gasteiger partial charge on any atom is 0.235 e. The zero-order chi connectivity index (χ0) is 11.4. The number of hydrogen-bond acceptors (Lipinski definition) is 1. The second kappa shape index (κ2) is 7.89. The second-order valence-electron chi connectivity index (χ2n) is 3.99. The van der Waals surface area contributed by atoms with E-state index in [1.54, 1.807) is 0 Å². The first-order valence-corrected chi connectivity index (χ1v) is 8.11. The molecule has 0 aliphatic heterocycles. The zero-order valence-electron chi connectivity index (χ0n) is 9.96. The van der Waals surface area contributed by atoms with Crippen LogP contribution in [0.1, 0.15) is 24.3 Å². The zero-order valence-corrected chi connectivity index (χ0v) is 15.1. The third-order valence-electron chi connectivity index (χ3n) is 2.81. The minimum absolute atomic E-state index is 0. The Hall–Kier alpha value is 0.570. The number of rotatable bonds is 5. The molecule has 0 bridgehead atoms. The van der Waals surface area contributed by atoms with Crippen molar-refractivity contribution >= 4 is 44.1 Å². The maximum absolute atomic E-state index is 2.47. The van der Waals surface area contributed by atoms with Crippen molar-refractivity contribution in [2.45, 2.75) is 32.7 Å². The lowest BCUT2D eigenvalue weighted by Gasteiger charge is -1.96. The molecule has 0 N–H and O–H groups in total. The number of aromatic nitrogens is 1. The first kappa shape index (κ1) is 15.6. The van der Waals surface area contributed by atoms with Crippen molar-refractivity contribution in [2.75, 3.05) is 4.43 Å². The molecule has 17 heavy (non-hydrogen) atoms. The summed E-state index contributed by atoms with van der Waals surface area (Å²) in [6.07, 6.45) is 4.00. The Bertz CT molecular complexity index is 467. The number of unbranched alkanes of at least 4 members (excludes halogenated alkanes) is 2. The Morgan fingerprint density at radius 2 is 1.94 bits per heavy atom. The van der Waals surface area contributed by atoms with Crippen molar-refractivity contribution < 1.29 is 28.5 Å². The van der Waals surface area contributed by atoms with Gasteiger partial charge in [-0.05, 0) is 23.3 Å². The van der Waals surface area contributed by atoms with Gasteiger partial charge in [-0.3, -0.25) is 0 Å². The Kier molecular flexibility index (Phi) is 7.25. The Balaban J connectivity index is 0.00000144. The molecular weight excluding hydrogens is 456 g/mol. The number of hydrogen-bond donors (Lipinski definition) is 0. The Morgan fingerprint density at radius 3 is 2.71 bits per heavy atom. The summed E-state index contributed by atoms with van der Waals surface area (Å²) in [6.45, 7) is 3.40. The molecule has 1 aromatic carbocycles. The predicted molar refractivity (Wildman–Crippen MR) is 79.5 cm³/mol. The minimum Gasteiger partial charge on any atom is -1.00 e. The van der Waals surface area contributed by atoms with Gasteiger partial charge in [0.1, 0.15) is 11.2 Å². The molecule has 0 radical (unpaired) electrons. The summed E-state index contributed by atoms with van der Waals surface area (Å²) >= 11 is 4.36. The Morgan fingerprint density at radius 1 is 1.18 bits per heavy atom. The molecule has 0 saturated carbocycles. The molecule has 0 amide bonds. The van der Waals surface area contributed by atoms with Crippen LogP contribution in [0.2, 0.25) is 0 Å². The van der Waals surface area contributed by atoms with Gasteiger partial charge in [-0.2, -0.15) is 4.57 Å². The van der Waals surface area contributed by atoms with Crippen molar-refractivity contribution in [1.29, 1.82) is 0 Å². The van der Waals surface area contributed by atoms with Crippen LogP contribution in [0, 0.1) is 6.92 Å². The third-order valence-corrected chi connectivity index (χ3v) is 4.65. The van der Waals surface area contributed by atoms with E-state index in [9.17, 15) is 0 Å². The molecule has 2 rings (SSSR count). The van der Waals surface area contributed by atoms with E-state index in [0.717, 1.165) is 0 Å². The van der Waals surface area contributed by atoms with Gasteiger partial charge in [0.25, 0.3) is 0 Å². The van der Waals surface area contributed by atoms with Crippen LogP contribution in [0.4, 0.5) is 0 Å². The van der Waals surface area contributed by atoms with Crippen LogP contribution >= 0.6 is 33.9 Å². The summed E-state index contributed by atoms with van der Waals surface area (Å²) in [5, 5.41) is 1.43. The van der Waals surface area contributed by atoms with E-state index in [1.807, 2.05) is 11.3 Å². The molecule has 0 fully saturated rings. The molecule has 1 nitrogen and oxygen atoms in total. The van der Waals surface area contributed by atoms with E-state index in [0.29, 0.717) is 0 Å². The van der Waals surface area contributed by atoms with Gasteiger partial charge in [-0.25, -0.2) is 0 Å². The maximum atomic E-state index is 2.47. The van der Waals surface area contributed by atoms with Crippen molar-refractivity contribution in [3.05, 3.63) is 29.3 Å². The summed E-state index contributed by atoms with van der Waals surface area (Å²) in [5.41, 5.74) is 1.40. The molecule has 0 unspecified atom stereocenters. The van der Waals surface area contributed by atoms with Gasteiger partial charge in [-0.1, -0.05) is 46.1 Å². The van der Waals surface area contributed by atoms with Crippen molar-refractivity contribution in [3.63, 3.8) is 0 Å². The average molecular weight is 473 g/mol. The SMILES string of the molecule is Cc1sc2ccccc2[n+]1CCCCCI.[I-]. The highest BCUT2D eigenvalue weighted by Crippen LogP contribution is 2.19. The summed E-state index contributed by atoms with van der Waals surface area (Å²) in [6, 6.07) is 8.71. The van der Waals surface area contributed by atoms with Crippen LogP contribution in [-0.4, -0.2) is 4.43 Å². The van der Waals surface area contributed by atoms with Gasteiger partial charge in [0, 0.05) is 19.4 Å². The lowest BCUT2D eigenvalue weighted by molar-refractivity contribution is -0.673.